The zero-order valence-corrected chi connectivity index (χ0v) is 8.13. The van der Waals surface area contributed by atoms with Crippen molar-refractivity contribution in [1.82, 2.24) is 0 Å². The molecule has 4 heteroatoms. The lowest BCUT2D eigenvalue weighted by atomic mass is 10.0. The van der Waals surface area contributed by atoms with Crippen LogP contribution in [0.25, 0.3) is 0 Å². The van der Waals surface area contributed by atoms with Crippen LogP contribution in [0.2, 0.25) is 5.02 Å². The maximum atomic E-state index is 11.1. The Bertz CT molecular complexity index is 446. The summed E-state index contributed by atoms with van der Waals surface area (Å²) in [6.45, 7) is 1.33. The predicted octanol–water partition coefficient (Wildman–Crippen LogP) is 2.23. The van der Waals surface area contributed by atoms with Gasteiger partial charge in [0.1, 0.15) is 0 Å². The van der Waals surface area contributed by atoms with Crippen molar-refractivity contribution in [3.63, 3.8) is 0 Å². The van der Waals surface area contributed by atoms with Crippen LogP contribution in [0.15, 0.2) is 12.1 Å². The van der Waals surface area contributed by atoms with Crippen molar-refractivity contribution in [3.8, 4) is 6.07 Å². The zero-order valence-electron chi connectivity index (χ0n) is 7.37. The van der Waals surface area contributed by atoms with Crippen molar-refractivity contribution in [2.45, 2.75) is 6.92 Å². The summed E-state index contributed by atoms with van der Waals surface area (Å²) in [7, 11) is 0. The van der Waals surface area contributed by atoms with Crippen molar-refractivity contribution in [2.24, 2.45) is 0 Å². The number of rotatable bonds is 2. The van der Waals surface area contributed by atoms with Gasteiger partial charge in [-0.3, -0.25) is 9.59 Å². The minimum atomic E-state index is -0.268. The molecular formula is C10H6ClNO2. The van der Waals surface area contributed by atoms with E-state index in [0.29, 0.717) is 6.29 Å². The Morgan fingerprint density at radius 1 is 1.57 bits per heavy atom. The monoisotopic (exact) mass is 207 g/mol. The molecule has 0 unspecified atom stereocenters. The highest BCUT2D eigenvalue weighted by molar-refractivity contribution is 6.36. The lowest BCUT2D eigenvalue weighted by Gasteiger charge is -2.02. The average molecular weight is 208 g/mol. The molecule has 1 rings (SSSR count). The summed E-state index contributed by atoms with van der Waals surface area (Å²) in [5.74, 6) is -0.268. The summed E-state index contributed by atoms with van der Waals surface area (Å²) < 4.78 is 0. The van der Waals surface area contributed by atoms with Gasteiger partial charge in [-0.2, -0.15) is 5.26 Å². The summed E-state index contributed by atoms with van der Waals surface area (Å²) >= 11 is 5.77. The van der Waals surface area contributed by atoms with Gasteiger partial charge < -0.3 is 0 Å². The van der Waals surface area contributed by atoms with Gasteiger partial charge in [0.25, 0.3) is 0 Å². The van der Waals surface area contributed by atoms with E-state index in [1.54, 1.807) is 0 Å². The molecule has 0 aliphatic carbocycles. The number of nitrogens with zero attached hydrogens (tertiary/aromatic N) is 1. The fraction of sp³-hybridized carbons (Fsp3) is 0.100. The van der Waals surface area contributed by atoms with E-state index in [4.69, 9.17) is 16.9 Å². The van der Waals surface area contributed by atoms with Gasteiger partial charge in [-0.25, -0.2) is 0 Å². The normalized spacial score (nSPS) is 9.21. The Morgan fingerprint density at radius 3 is 2.64 bits per heavy atom. The van der Waals surface area contributed by atoms with Crippen molar-refractivity contribution in [2.75, 3.05) is 0 Å². The van der Waals surface area contributed by atoms with Gasteiger partial charge in [-0.1, -0.05) is 11.6 Å². The lowest BCUT2D eigenvalue weighted by molar-refractivity contribution is 0.101. The third-order valence-corrected chi connectivity index (χ3v) is 2.16. The van der Waals surface area contributed by atoms with Crippen LogP contribution in [0.4, 0.5) is 0 Å². The van der Waals surface area contributed by atoms with Gasteiger partial charge in [0.05, 0.1) is 16.7 Å². The predicted molar refractivity (Wildman–Crippen MR) is 51.6 cm³/mol. The molecule has 0 aliphatic rings. The fourth-order valence-electron chi connectivity index (χ4n) is 1.05. The number of aldehydes is 1. The fourth-order valence-corrected chi connectivity index (χ4v) is 1.34. The molecule has 0 bridgehead atoms. The third kappa shape index (κ3) is 1.81. The molecule has 0 fully saturated rings. The molecule has 3 nitrogen and oxygen atoms in total. The molecule has 14 heavy (non-hydrogen) atoms. The van der Waals surface area contributed by atoms with Gasteiger partial charge >= 0.3 is 0 Å². The highest BCUT2D eigenvalue weighted by Crippen LogP contribution is 2.22. The summed E-state index contributed by atoms with van der Waals surface area (Å²) in [5, 5.41) is 8.74. The summed E-state index contributed by atoms with van der Waals surface area (Å²) in [4.78, 5) is 21.7. The zero-order chi connectivity index (χ0) is 10.7. The minimum Gasteiger partial charge on any atom is -0.298 e. The second-order valence-electron chi connectivity index (χ2n) is 2.71. The molecule has 0 radical (unpaired) electrons. The number of benzene rings is 1. The minimum absolute atomic E-state index is 0.103. The van der Waals surface area contributed by atoms with Crippen molar-refractivity contribution >= 4 is 23.7 Å². The Kier molecular flexibility index (Phi) is 3.00. The standard InChI is InChI=1S/C10H6ClNO2/c1-6(14)9-3-7(4-12)2-8(5-13)10(9)11/h2-3,5H,1H3. The quantitative estimate of drug-likeness (QED) is 0.552. The second-order valence-corrected chi connectivity index (χ2v) is 3.09. The highest BCUT2D eigenvalue weighted by atomic mass is 35.5. The number of Topliss-reactive ketones (excluding diaryl/α,β-unsaturated/α-hetero) is 1. The SMILES string of the molecule is CC(=O)c1cc(C#N)cc(C=O)c1Cl. The maximum Gasteiger partial charge on any atom is 0.161 e. The van der Waals surface area contributed by atoms with Gasteiger partial charge in [0.15, 0.2) is 12.1 Å². The van der Waals surface area contributed by atoms with Gasteiger partial charge in [0.2, 0.25) is 0 Å². The molecule has 0 aliphatic heterocycles. The van der Waals surface area contributed by atoms with E-state index in [-0.39, 0.29) is 27.5 Å². The summed E-state index contributed by atoms with van der Waals surface area (Å²) in [5.41, 5.74) is 0.616. The van der Waals surface area contributed by atoms with Crippen LogP contribution in [-0.2, 0) is 0 Å². The molecule has 0 saturated carbocycles. The topological polar surface area (TPSA) is 57.9 Å². The molecule has 0 atom stereocenters. The Morgan fingerprint density at radius 2 is 2.21 bits per heavy atom. The number of ketones is 1. The second kappa shape index (κ2) is 4.03. The summed E-state index contributed by atoms with van der Waals surface area (Å²) in [6, 6.07) is 4.58. The molecule has 0 heterocycles. The van der Waals surface area contributed by atoms with E-state index in [1.165, 1.54) is 19.1 Å². The van der Waals surface area contributed by atoms with E-state index in [9.17, 15) is 9.59 Å². The smallest absolute Gasteiger partial charge is 0.161 e. The van der Waals surface area contributed by atoms with E-state index < -0.39 is 0 Å². The largest absolute Gasteiger partial charge is 0.298 e. The third-order valence-electron chi connectivity index (χ3n) is 1.74. The van der Waals surface area contributed by atoms with Crippen molar-refractivity contribution in [1.29, 1.82) is 5.26 Å². The molecule has 70 valence electrons. The van der Waals surface area contributed by atoms with E-state index in [2.05, 4.69) is 0 Å². The first-order chi connectivity index (χ1) is 6.60. The molecule has 0 spiro atoms. The first-order valence-electron chi connectivity index (χ1n) is 3.80. The number of nitriles is 1. The number of carbonyl (C=O) groups excluding carboxylic acids is 2. The maximum absolute atomic E-state index is 11.1. The molecular weight excluding hydrogens is 202 g/mol. The molecule has 0 N–H and O–H groups in total. The molecule has 0 saturated heterocycles. The van der Waals surface area contributed by atoms with Crippen molar-refractivity contribution in [3.05, 3.63) is 33.8 Å². The van der Waals surface area contributed by atoms with E-state index in [0.717, 1.165) is 0 Å². The molecule has 1 aromatic carbocycles. The van der Waals surface area contributed by atoms with E-state index in [1.807, 2.05) is 6.07 Å². The van der Waals surface area contributed by atoms with Crippen LogP contribution in [0.3, 0.4) is 0 Å². The van der Waals surface area contributed by atoms with Crippen LogP contribution in [0.5, 0.6) is 0 Å². The Hall–Kier alpha value is -1.66. The number of hydrogen-bond donors (Lipinski definition) is 0. The van der Waals surface area contributed by atoms with Crippen LogP contribution < -0.4 is 0 Å². The van der Waals surface area contributed by atoms with E-state index >= 15 is 0 Å². The first kappa shape index (κ1) is 10.4. The molecule has 0 amide bonds. The van der Waals surface area contributed by atoms with Gasteiger partial charge in [0, 0.05) is 11.1 Å². The lowest BCUT2D eigenvalue weighted by Crippen LogP contribution is -1.98. The van der Waals surface area contributed by atoms with Gasteiger partial charge in [-0.15, -0.1) is 0 Å². The first-order valence-corrected chi connectivity index (χ1v) is 4.17. The van der Waals surface area contributed by atoms with Crippen LogP contribution >= 0.6 is 11.6 Å². The highest BCUT2D eigenvalue weighted by Gasteiger charge is 2.11. The number of halogens is 1. The summed E-state index contributed by atoms with van der Waals surface area (Å²) in [6.07, 6.45) is 0.523. The van der Waals surface area contributed by atoms with Crippen molar-refractivity contribution < 1.29 is 9.59 Å². The number of hydrogen-bond acceptors (Lipinski definition) is 3. The van der Waals surface area contributed by atoms with Gasteiger partial charge in [-0.05, 0) is 19.1 Å². The number of carbonyl (C=O) groups is 2. The Balaban J connectivity index is 3.51. The van der Waals surface area contributed by atoms with Crippen LogP contribution in [0.1, 0.15) is 33.2 Å². The molecule has 1 aromatic rings. The van der Waals surface area contributed by atoms with Crippen LogP contribution in [-0.4, -0.2) is 12.1 Å². The van der Waals surface area contributed by atoms with Crippen LogP contribution in [0, 0.1) is 11.3 Å². The average Bonchev–Trinajstić information content (AvgIpc) is 2.17. The molecule has 0 aromatic heterocycles. The Labute approximate surface area is 85.9 Å².